The molecular weight excluding hydrogens is 292 g/mol. The predicted molar refractivity (Wildman–Crippen MR) is 90.7 cm³/mol. The van der Waals surface area contributed by atoms with E-state index in [0.717, 1.165) is 30.4 Å². The summed E-state index contributed by atoms with van der Waals surface area (Å²) in [6.45, 7) is 12.7. The molecule has 2 heterocycles. The molecule has 6 nitrogen and oxygen atoms in total. The highest BCUT2D eigenvalue weighted by Gasteiger charge is 2.25. The third-order valence-corrected chi connectivity index (χ3v) is 4.13. The molecule has 1 fully saturated rings. The van der Waals surface area contributed by atoms with Crippen LogP contribution >= 0.6 is 0 Å². The lowest BCUT2D eigenvalue weighted by Crippen LogP contribution is -2.51. The average Bonchev–Trinajstić information content (AvgIpc) is 2.53. The number of amides is 1. The summed E-state index contributed by atoms with van der Waals surface area (Å²) in [6, 6.07) is 2.06. The number of nitrogens with zero attached hydrogens (tertiary/aromatic N) is 4. The summed E-state index contributed by atoms with van der Waals surface area (Å²) in [6.07, 6.45) is -0.930. The number of carbonyl (C=O) groups is 1. The monoisotopic (exact) mass is 320 g/mol. The van der Waals surface area contributed by atoms with E-state index in [1.165, 1.54) is 6.92 Å². The van der Waals surface area contributed by atoms with Gasteiger partial charge in [-0.25, -0.2) is 9.97 Å². The van der Waals surface area contributed by atoms with Crippen molar-refractivity contribution in [2.75, 3.05) is 31.1 Å². The molecule has 1 unspecified atom stereocenters. The fraction of sp³-hybridized carbons (Fsp3) is 0.706. The maximum atomic E-state index is 11.9. The standard InChI is InChI=1S/C17H28N4O2/c1-11(2)14-10-15(19-16(18-14)12(3)4)20-6-8-21(9-7-20)17(23)13(5)22/h10-13,22H,6-9H2,1-5H3. The Morgan fingerprint density at radius 1 is 1.04 bits per heavy atom. The Balaban J connectivity index is 2.15. The molecule has 1 saturated heterocycles. The predicted octanol–water partition coefficient (Wildman–Crippen LogP) is 1.75. The molecule has 0 aliphatic carbocycles. The summed E-state index contributed by atoms with van der Waals surface area (Å²) in [5.41, 5.74) is 1.06. The van der Waals surface area contributed by atoms with Gasteiger partial charge in [0.05, 0.1) is 0 Å². The van der Waals surface area contributed by atoms with Gasteiger partial charge in [0.2, 0.25) is 0 Å². The van der Waals surface area contributed by atoms with Crippen LogP contribution in [0, 0.1) is 0 Å². The molecule has 0 radical (unpaired) electrons. The maximum Gasteiger partial charge on any atom is 0.251 e. The van der Waals surface area contributed by atoms with Crippen LogP contribution in [-0.2, 0) is 4.79 Å². The third kappa shape index (κ3) is 4.19. The van der Waals surface area contributed by atoms with Crippen LogP contribution in [0.25, 0.3) is 0 Å². The molecule has 0 spiro atoms. The van der Waals surface area contributed by atoms with E-state index in [1.54, 1.807) is 4.90 Å². The summed E-state index contributed by atoms with van der Waals surface area (Å²) in [5, 5.41) is 9.43. The van der Waals surface area contributed by atoms with Crippen molar-refractivity contribution in [1.29, 1.82) is 0 Å². The lowest BCUT2D eigenvalue weighted by atomic mass is 10.1. The molecule has 1 aliphatic rings. The van der Waals surface area contributed by atoms with Crippen LogP contribution in [0.4, 0.5) is 5.82 Å². The average molecular weight is 320 g/mol. The van der Waals surface area contributed by atoms with E-state index in [2.05, 4.69) is 43.6 Å². The topological polar surface area (TPSA) is 69.6 Å². The molecule has 6 heteroatoms. The van der Waals surface area contributed by atoms with E-state index in [-0.39, 0.29) is 11.8 Å². The van der Waals surface area contributed by atoms with E-state index in [1.807, 2.05) is 0 Å². The summed E-state index contributed by atoms with van der Waals surface area (Å²) in [5.74, 6) is 2.25. The first-order chi connectivity index (χ1) is 10.8. The van der Waals surface area contributed by atoms with Crippen LogP contribution in [0.15, 0.2) is 6.07 Å². The van der Waals surface area contributed by atoms with Crippen LogP contribution in [-0.4, -0.2) is 58.2 Å². The van der Waals surface area contributed by atoms with Gasteiger partial charge in [0, 0.05) is 43.9 Å². The second-order valence-corrected chi connectivity index (χ2v) is 6.81. The van der Waals surface area contributed by atoms with Crippen LogP contribution in [0.3, 0.4) is 0 Å². The van der Waals surface area contributed by atoms with Crippen molar-refractivity contribution in [3.63, 3.8) is 0 Å². The highest BCUT2D eigenvalue weighted by Crippen LogP contribution is 2.22. The Bertz CT molecular complexity index is 523. The van der Waals surface area contributed by atoms with Crippen molar-refractivity contribution < 1.29 is 9.90 Å². The van der Waals surface area contributed by atoms with Crippen LogP contribution in [0.5, 0.6) is 0 Å². The van der Waals surface area contributed by atoms with Gasteiger partial charge in [-0.05, 0) is 12.8 Å². The first-order valence-electron chi connectivity index (χ1n) is 8.40. The minimum atomic E-state index is -0.930. The van der Waals surface area contributed by atoms with Crippen LogP contribution in [0.2, 0.25) is 0 Å². The summed E-state index contributed by atoms with van der Waals surface area (Å²) < 4.78 is 0. The van der Waals surface area contributed by atoms with Crippen molar-refractivity contribution in [3.8, 4) is 0 Å². The van der Waals surface area contributed by atoms with E-state index in [4.69, 9.17) is 4.98 Å². The van der Waals surface area contributed by atoms with Crippen LogP contribution in [0.1, 0.15) is 58.0 Å². The van der Waals surface area contributed by atoms with Gasteiger partial charge in [0.1, 0.15) is 17.7 Å². The molecule has 0 bridgehead atoms. The van der Waals surface area contributed by atoms with Gasteiger partial charge in [-0.3, -0.25) is 4.79 Å². The Morgan fingerprint density at radius 2 is 1.65 bits per heavy atom. The Morgan fingerprint density at radius 3 is 2.13 bits per heavy atom. The van der Waals surface area contributed by atoms with Crippen molar-refractivity contribution in [1.82, 2.24) is 14.9 Å². The molecule has 1 atom stereocenters. The Hall–Kier alpha value is -1.69. The Labute approximate surface area is 138 Å². The second kappa shape index (κ2) is 7.25. The molecule has 1 aliphatic heterocycles. The van der Waals surface area contributed by atoms with E-state index < -0.39 is 6.10 Å². The molecule has 1 amide bonds. The first-order valence-corrected chi connectivity index (χ1v) is 8.40. The number of aliphatic hydroxyl groups excluding tert-OH is 1. The lowest BCUT2D eigenvalue weighted by Gasteiger charge is -2.36. The second-order valence-electron chi connectivity index (χ2n) is 6.81. The maximum absolute atomic E-state index is 11.9. The SMILES string of the molecule is CC(O)C(=O)N1CCN(c2cc(C(C)C)nc(C(C)C)n2)CC1. The minimum Gasteiger partial charge on any atom is -0.384 e. The summed E-state index contributed by atoms with van der Waals surface area (Å²) in [4.78, 5) is 25.1. The van der Waals surface area contributed by atoms with E-state index in [9.17, 15) is 9.90 Å². The van der Waals surface area contributed by atoms with Gasteiger partial charge in [-0.1, -0.05) is 27.7 Å². The summed E-state index contributed by atoms with van der Waals surface area (Å²) in [7, 11) is 0. The van der Waals surface area contributed by atoms with Crippen LogP contribution < -0.4 is 4.90 Å². The molecule has 1 N–H and O–H groups in total. The molecule has 0 saturated carbocycles. The lowest BCUT2D eigenvalue weighted by molar-refractivity contribution is -0.139. The minimum absolute atomic E-state index is 0.196. The molecule has 23 heavy (non-hydrogen) atoms. The van der Waals surface area contributed by atoms with Crippen molar-refractivity contribution in [2.45, 2.75) is 52.6 Å². The molecule has 1 aromatic heterocycles. The highest BCUT2D eigenvalue weighted by molar-refractivity contribution is 5.80. The van der Waals surface area contributed by atoms with Gasteiger partial charge < -0.3 is 14.9 Å². The first kappa shape index (κ1) is 17.7. The molecule has 128 valence electrons. The number of hydrogen-bond donors (Lipinski definition) is 1. The number of anilines is 1. The van der Waals surface area contributed by atoms with Gasteiger partial charge in [-0.2, -0.15) is 0 Å². The number of hydrogen-bond acceptors (Lipinski definition) is 5. The normalized spacial score (nSPS) is 17.0. The van der Waals surface area contributed by atoms with E-state index in [0.29, 0.717) is 19.0 Å². The number of carbonyl (C=O) groups excluding carboxylic acids is 1. The molecule has 1 aromatic rings. The van der Waals surface area contributed by atoms with Crippen molar-refractivity contribution in [3.05, 3.63) is 17.6 Å². The smallest absolute Gasteiger partial charge is 0.251 e. The summed E-state index contributed by atoms with van der Waals surface area (Å²) >= 11 is 0. The number of rotatable bonds is 4. The fourth-order valence-corrected chi connectivity index (χ4v) is 2.61. The van der Waals surface area contributed by atoms with Gasteiger partial charge in [0.15, 0.2) is 0 Å². The zero-order valence-electron chi connectivity index (χ0n) is 14.8. The number of piperazine rings is 1. The largest absolute Gasteiger partial charge is 0.384 e. The number of aliphatic hydroxyl groups is 1. The van der Waals surface area contributed by atoms with E-state index >= 15 is 0 Å². The molecular formula is C17H28N4O2. The van der Waals surface area contributed by atoms with Gasteiger partial charge in [-0.15, -0.1) is 0 Å². The van der Waals surface area contributed by atoms with Gasteiger partial charge >= 0.3 is 0 Å². The molecule has 2 rings (SSSR count). The number of aromatic nitrogens is 2. The Kier molecular flexibility index (Phi) is 5.57. The van der Waals surface area contributed by atoms with Crippen molar-refractivity contribution >= 4 is 11.7 Å². The third-order valence-electron chi connectivity index (χ3n) is 4.13. The quantitative estimate of drug-likeness (QED) is 0.915. The zero-order valence-corrected chi connectivity index (χ0v) is 14.8. The zero-order chi connectivity index (χ0) is 17.1. The highest BCUT2D eigenvalue weighted by atomic mass is 16.3. The fourth-order valence-electron chi connectivity index (χ4n) is 2.61. The van der Waals surface area contributed by atoms with Gasteiger partial charge in [0.25, 0.3) is 5.91 Å². The van der Waals surface area contributed by atoms with Crippen molar-refractivity contribution in [2.24, 2.45) is 0 Å². The molecule has 0 aromatic carbocycles.